The number of anilines is 2. The van der Waals surface area contributed by atoms with Gasteiger partial charge >= 0.3 is 0 Å². The van der Waals surface area contributed by atoms with Crippen LogP contribution in [-0.4, -0.2) is 70.7 Å². The highest BCUT2D eigenvalue weighted by molar-refractivity contribution is 6.04. The number of ether oxygens (including phenoxy) is 1. The average Bonchev–Trinajstić information content (AvgIpc) is 2.54. The highest BCUT2D eigenvalue weighted by atomic mass is 16.5. The van der Waals surface area contributed by atoms with Gasteiger partial charge in [-0.15, -0.1) is 0 Å². The highest BCUT2D eigenvalue weighted by Crippen LogP contribution is 2.31. The maximum Gasteiger partial charge on any atom is 0.182 e. The molecule has 1 aromatic rings. The van der Waals surface area contributed by atoms with E-state index in [1.54, 1.807) is 0 Å². The van der Waals surface area contributed by atoms with Crippen LogP contribution in [0.15, 0.2) is 18.2 Å². The Morgan fingerprint density at radius 1 is 1.13 bits per heavy atom. The van der Waals surface area contributed by atoms with Gasteiger partial charge in [-0.1, -0.05) is 0 Å². The summed E-state index contributed by atoms with van der Waals surface area (Å²) in [6, 6.07) is 6.03. The molecule has 0 bridgehead atoms. The summed E-state index contributed by atoms with van der Waals surface area (Å²) >= 11 is 0. The van der Waals surface area contributed by atoms with Crippen LogP contribution in [0.5, 0.6) is 0 Å². The van der Waals surface area contributed by atoms with Crippen LogP contribution in [0, 0.1) is 0 Å². The number of carbonyl (C=O) groups excluding carboxylic acids is 1. The minimum absolute atomic E-state index is 0.138. The first-order valence-corrected chi connectivity index (χ1v) is 8.11. The van der Waals surface area contributed by atoms with Crippen molar-refractivity contribution in [2.75, 3.05) is 64.3 Å². The predicted octanol–water partition coefficient (Wildman–Crippen LogP) is 2.11. The first-order chi connectivity index (χ1) is 10.7. The van der Waals surface area contributed by atoms with Gasteiger partial charge in [-0.05, 0) is 46.1 Å². The average molecular weight is 319 g/mol. The fourth-order valence-corrected chi connectivity index (χ4v) is 2.65. The Morgan fingerprint density at radius 3 is 2.26 bits per heavy atom. The van der Waals surface area contributed by atoms with Crippen molar-refractivity contribution in [1.82, 2.24) is 4.90 Å². The number of rotatable bonds is 5. The van der Waals surface area contributed by atoms with Gasteiger partial charge in [-0.2, -0.15) is 0 Å². The number of benzene rings is 1. The number of hydrogen-bond acceptors (Lipinski definition) is 5. The van der Waals surface area contributed by atoms with E-state index in [9.17, 15) is 4.79 Å². The molecule has 5 nitrogen and oxygen atoms in total. The van der Waals surface area contributed by atoms with E-state index in [1.807, 2.05) is 59.1 Å². The van der Waals surface area contributed by atoms with Gasteiger partial charge in [-0.25, -0.2) is 0 Å². The lowest BCUT2D eigenvalue weighted by atomic mass is 9.91. The number of ketones is 1. The Hall–Kier alpha value is -1.59. The lowest BCUT2D eigenvalue weighted by Gasteiger charge is -2.34. The lowest BCUT2D eigenvalue weighted by Crippen LogP contribution is -2.45. The summed E-state index contributed by atoms with van der Waals surface area (Å²) in [4.78, 5) is 19.2. The Kier molecular flexibility index (Phi) is 5.32. The van der Waals surface area contributed by atoms with E-state index in [0.29, 0.717) is 0 Å². The number of likely N-dealkylation sites (N-methyl/N-ethyl adjacent to an activating group) is 1. The van der Waals surface area contributed by atoms with Crippen LogP contribution in [0.2, 0.25) is 0 Å². The summed E-state index contributed by atoms with van der Waals surface area (Å²) < 4.78 is 5.44. The van der Waals surface area contributed by atoms with Crippen LogP contribution in [0.4, 0.5) is 11.4 Å². The summed E-state index contributed by atoms with van der Waals surface area (Å²) in [6.45, 7) is 7.19. The molecule has 0 atom stereocenters. The fourth-order valence-electron chi connectivity index (χ4n) is 2.65. The summed E-state index contributed by atoms with van der Waals surface area (Å²) in [7, 11) is 7.91. The van der Waals surface area contributed by atoms with E-state index in [4.69, 9.17) is 4.74 Å². The molecule has 23 heavy (non-hydrogen) atoms. The first-order valence-electron chi connectivity index (χ1n) is 8.11. The summed E-state index contributed by atoms with van der Waals surface area (Å²) in [6.07, 6.45) is 0. The van der Waals surface area contributed by atoms with Crippen molar-refractivity contribution in [1.29, 1.82) is 0 Å². The molecule has 128 valence electrons. The number of hydrogen-bond donors (Lipinski definition) is 0. The number of carbonyl (C=O) groups is 1. The second kappa shape index (κ2) is 6.89. The van der Waals surface area contributed by atoms with E-state index in [-0.39, 0.29) is 5.78 Å². The SMILES string of the molecule is CN(C)c1cc(C(=O)C(C)(C)N(C)C)ccc1N1CCOCC1. The Bertz CT molecular complexity index is 561. The molecule has 0 unspecified atom stereocenters. The van der Waals surface area contributed by atoms with Crippen LogP contribution in [0.1, 0.15) is 24.2 Å². The summed E-state index contributed by atoms with van der Waals surface area (Å²) in [5, 5.41) is 0. The zero-order valence-corrected chi connectivity index (χ0v) is 15.2. The topological polar surface area (TPSA) is 36.0 Å². The number of nitrogens with zero attached hydrogens (tertiary/aromatic N) is 3. The van der Waals surface area contributed by atoms with Crippen molar-refractivity contribution in [3.8, 4) is 0 Å². The van der Waals surface area contributed by atoms with Crippen molar-refractivity contribution in [3.05, 3.63) is 23.8 Å². The minimum Gasteiger partial charge on any atom is -0.378 e. The molecule has 2 rings (SSSR count). The Morgan fingerprint density at radius 2 is 1.74 bits per heavy atom. The van der Waals surface area contributed by atoms with Crippen molar-refractivity contribution < 1.29 is 9.53 Å². The van der Waals surface area contributed by atoms with Crippen LogP contribution in [-0.2, 0) is 4.74 Å². The van der Waals surface area contributed by atoms with Crippen LogP contribution >= 0.6 is 0 Å². The molecule has 1 aliphatic heterocycles. The maximum atomic E-state index is 12.9. The Labute approximate surface area is 139 Å². The third-order valence-corrected chi connectivity index (χ3v) is 4.74. The van der Waals surface area contributed by atoms with Gasteiger partial charge in [0, 0.05) is 32.7 Å². The molecular formula is C18H29N3O2. The molecule has 1 aromatic carbocycles. The molecule has 1 aliphatic rings. The van der Waals surface area contributed by atoms with Gasteiger partial charge < -0.3 is 14.5 Å². The van der Waals surface area contributed by atoms with Crippen LogP contribution in [0.25, 0.3) is 0 Å². The van der Waals surface area contributed by atoms with Crippen molar-refractivity contribution in [2.45, 2.75) is 19.4 Å². The van der Waals surface area contributed by atoms with Crippen LogP contribution < -0.4 is 9.80 Å². The molecule has 1 saturated heterocycles. The molecule has 0 radical (unpaired) electrons. The van der Waals surface area contributed by atoms with Gasteiger partial charge in [0.05, 0.1) is 30.1 Å². The quantitative estimate of drug-likeness (QED) is 0.777. The van der Waals surface area contributed by atoms with E-state index < -0.39 is 5.54 Å². The predicted molar refractivity (Wildman–Crippen MR) is 95.9 cm³/mol. The van der Waals surface area contributed by atoms with Crippen LogP contribution in [0.3, 0.4) is 0 Å². The zero-order valence-electron chi connectivity index (χ0n) is 15.2. The number of Topliss-reactive ketones (excluding diaryl/α,β-unsaturated/α-hetero) is 1. The first kappa shape index (κ1) is 17.8. The molecule has 0 saturated carbocycles. The van der Waals surface area contributed by atoms with Gasteiger partial charge in [0.1, 0.15) is 0 Å². The molecule has 0 N–H and O–H groups in total. The van der Waals surface area contributed by atoms with Gasteiger partial charge in [0.25, 0.3) is 0 Å². The van der Waals surface area contributed by atoms with Crippen molar-refractivity contribution in [2.24, 2.45) is 0 Å². The second-order valence-electron chi connectivity index (χ2n) is 6.98. The van der Waals surface area contributed by atoms with E-state index >= 15 is 0 Å². The minimum atomic E-state index is -0.524. The third kappa shape index (κ3) is 3.67. The lowest BCUT2D eigenvalue weighted by molar-refractivity contribution is 0.0755. The third-order valence-electron chi connectivity index (χ3n) is 4.74. The molecule has 0 aromatic heterocycles. The fraction of sp³-hybridized carbons (Fsp3) is 0.611. The zero-order chi connectivity index (χ0) is 17.2. The molecule has 0 spiro atoms. The molecule has 1 heterocycles. The standard InChI is InChI=1S/C18H29N3O2/c1-18(2,20(5)6)17(22)14-7-8-15(16(13-14)19(3)4)21-9-11-23-12-10-21/h7-8,13H,9-12H2,1-6H3. The van der Waals surface area contributed by atoms with Gasteiger partial charge in [0.2, 0.25) is 0 Å². The molecule has 0 aliphatic carbocycles. The van der Waals surface area contributed by atoms with Gasteiger partial charge in [-0.3, -0.25) is 9.69 Å². The largest absolute Gasteiger partial charge is 0.378 e. The molecule has 1 fully saturated rings. The molecule has 0 amide bonds. The number of morpholine rings is 1. The highest BCUT2D eigenvalue weighted by Gasteiger charge is 2.31. The van der Waals surface area contributed by atoms with Crippen molar-refractivity contribution >= 4 is 17.2 Å². The maximum absolute atomic E-state index is 12.9. The second-order valence-corrected chi connectivity index (χ2v) is 6.98. The monoisotopic (exact) mass is 319 g/mol. The van der Waals surface area contributed by atoms with Crippen molar-refractivity contribution in [3.63, 3.8) is 0 Å². The normalized spacial score (nSPS) is 15.9. The molecule has 5 heteroatoms. The smallest absolute Gasteiger partial charge is 0.182 e. The van der Waals surface area contributed by atoms with E-state index in [2.05, 4.69) is 15.9 Å². The summed E-state index contributed by atoms with van der Waals surface area (Å²) in [5.41, 5.74) is 2.47. The Balaban J connectivity index is 2.38. The van der Waals surface area contributed by atoms with E-state index in [1.165, 1.54) is 0 Å². The van der Waals surface area contributed by atoms with Gasteiger partial charge in [0.15, 0.2) is 5.78 Å². The van der Waals surface area contributed by atoms with E-state index in [0.717, 1.165) is 43.2 Å². The molecular weight excluding hydrogens is 290 g/mol. The summed E-state index contributed by atoms with van der Waals surface area (Å²) in [5.74, 6) is 0.138.